The summed E-state index contributed by atoms with van der Waals surface area (Å²) in [5.41, 5.74) is 0.444. The van der Waals surface area contributed by atoms with Gasteiger partial charge in [0.2, 0.25) is 0 Å². The number of aryl methyl sites for hydroxylation is 1. The average molecular weight is 220 g/mol. The quantitative estimate of drug-likeness (QED) is 0.841. The van der Waals surface area contributed by atoms with Gasteiger partial charge in [-0.1, -0.05) is 6.07 Å². The minimum Gasteiger partial charge on any atom is -0.478 e. The summed E-state index contributed by atoms with van der Waals surface area (Å²) in [7, 11) is 1.67. The second-order valence-electron chi connectivity index (χ2n) is 3.31. The molecule has 0 bridgehead atoms. The van der Waals surface area contributed by atoms with Crippen molar-refractivity contribution in [1.29, 1.82) is 0 Å². The SMILES string of the molecule is Cn1nccc1-c1cccc(C(=O)O)c1F. The molecule has 0 aliphatic carbocycles. The highest BCUT2D eigenvalue weighted by molar-refractivity contribution is 5.89. The van der Waals surface area contributed by atoms with Crippen LogP contribution in [0.4, 0.5) is 4.39 Å². The maximum atomic E-state index is 13.8. The number of benzene rings is 1. The molecule has 0 aliphatic rings. The van der Waals surface area contributed by atoms with Gasteiger partial charge in [0.05, 0.1) is 11.3 Å². The first-order valence-electron chi connectivity index (χ1n) is 4.61. The number of hydrogen-bond donors (Lipinski definition) is 1. The van der Waals surface area contributed by atoms with Crippen LogP contribution in [0.5, 0.6) is 0 Å². The van der Waals surface area contributed by atoms with Crippen LogP contribution in [0.2, 0.25) is 0 Å². The summed E-state index contributed by atoms with van der Waals surface area (Å²) >= 11 is 0. The summed E-state index contributed by atoms with van der Waals surface area (Å²) in [5, 5.41) is 12.7. The highest BCUT2D eigenvalue weighted by Gasteiger charge is 2.16. The Morgan fingerprint density at radius 2 is 2.19 bits per heavy atom. The summed E-state index contributed by atoms with van der Waals surface area (Å²) in [4.78, 5) is 10.8. The van der Waals surface area contributed by atoms with Crippen molar-refractivity contribution in [3.05, 3.63) is 41.8 Å². The zero-order valence-corrected chi connectivity index (χ0v) is 8.51. The van der Waals surface area contributed by atoms with Gasteiger partial charge in [0.15, 0.2) is 0 Å². The van der Waals surface area contributed by atoms with Crippen LogP contribution in [0, 0.1) is 5.82 Å². The molecule has 0 aliphatic heterocycles. The first kappa shape index (κ1) is 10.4. The van der Waals surface area contributed by atoms with E-state index in [1.807, 2.05) is 0 Å². The van der Waals surface area contributed by atoms with Crippen LogP contribution in [0.15, 0.2) is 30.5 Å². The lowest BCUT2D eigenvalue weighted by Gasteiger charge is -2.05. The van der Waals surface area contributed by atoms with E-state index in [2.05, 4.69) is 5.10 Å². The predicted molar refractivity (Wildman–Crippen MR) is 55.6 cm³/mol. The van der Waals surface area contributed by atoms with Crippen molar-refractivity contribution in [2.45, 2.75) is 0 Å². The van der Waals surface area contributed by atoms with Crippen LogP contribution in [0.3, 0.4) is 0 Å². The normalized spacial score (nSPS) is 10.4. The molecule has 5 heteroatoms. The Morgan fingerprint density at radius 3 is 2.75 bits per heavy atom. The Kier molecular flexibility index (Phi) is 2.44. The Balaban J connectivity index is 2.63. The largest absolute Gasteiger partial charge is 0.478 e. The minimum atomic E-state index is -1.28. The number of hydrogen-bond acceptors (Lipinski definition) is 2. The monoisotopic (exact) mass is 220 g/mol. The molecule has 2 rings (SSSR count). The molecule has 4 nitrogen and oxygen atoms in total. The second-order valence-corrected chi connectivity index (χ2v) is 3.31. The first-order valence-corrected chi connectivity index (χ1v) is 4.61. The lowest BCUT2D eigenvalue weighted by Crippen LogP contribution is -2.03. The number of carboxylic acid groups (broad SMARTS) is 1. The zero-order chi connectivity index (χ0) is 11.7. The summed E-state index contributed by atoms with van der Waals surface area (Å²) in [6.07, 6.45) is 1.53. The predicted octanol–water partition coefficient (Wildman–Crippen LogP) is 1.92. The van der Waals surface area contributed by atoms with E-state index in [1.54, 1.807) is 13.1 Å². The van der Waals surface area contributed by atoms with Crippen molar-refractivity contribution in [2.75, 3.05) is 0 Å². The average Bonchev–Trinajstić information content (AvgIpc) is 2.64. The van der Waals surface area contributed by atoms with Gasteiger partial charge in [0.25, 0.3) is 0 Å². The molecule has 0 radical (unpaired) electrons. The van der Waals surface area contributed by atoms with E-state index >= 15 is 0 Å². The van der Waals surface area contributed by atoms with Crippen LogP contribution in [0.1, 0.15) is 10.4 Å². The first-order chi connectivity index (χ1) is 7.61. The van der Waals surface area contributed by atoms with Crippen LogP contribution in [-0.2, 0) is 7.05 Å². The highest BCUT2D eigenvalue weighted by Crippen LogP contribution is 2.24. The zero-order valence-electron chi connectivity index (χ0n) is 8.51. The van der Waals surface area contributed by atoms with E-state index in [0.717, 1.165) is 0 Å². The van der Waals surface area contributed by atoms with Gasteiger partial charge in [0.1, 0.15) is 5.82 Å². The van der Waals surface area contributed by atoms with E-state index in [1.165, 1.54) is 29.1 Å². The second kappa shape index (κ2) is 3.77. The third kappa shape index (κ3) is 1.56. The fourth-order valence-corrected chi connectivity index (χ4v) is 1.53. The van der Waals surface area contributed by atoms with Gasteiger partial charge in [-0.05, 0) is 18.2 Å². The maximum Gasteiger partial charge on any atom is 0.338 e. The summed E-state index contributed by atoms with van der Waals surface area (Å²) in [5.74, 6) is -2.01. The van der Waals surface area contributed by atoms with Gasteiger partial charge < -0.3 is 5.11 Å². The number of rotatable bonds is 2. The van der Waals surface area contributed by atoms with E-state index < -0.39 is 11.8 Å². The molecular formula is C11H9FN2O2. The topological polar surface area (TPSA) is 55.1 Å². The highest BCUT2D eigenvalue weighted by atomic mass is 19.1. The molecule has 0 saturated carbocycles. The molecule has 0 unspecified atom stereocenters. The summed E-state index contributed by atoms with van der Waals surface area (Å²) < 4.78 is 15.3. The standard InChI is InChI=1S/C11H9FN2O2/c1-14-9(5-6-13-14)7-3-2-4-8(10(7)12)11(15)16/h2-6H,1H3,(H,15,16). The summed E-state index contributed by atoms with van der Waals surface area (Å²) in [6, 6.07) is 5.90. The molecular weight excluding hydrogens is 211 g/mol. The molecule has 16 heavy (non-hydrogen) atoms. The molecule has 1 aromatic carbocycles. The lowest BCUT2D eigenvalue weighted by atomic mass is 10.1. The fraction of sp³-hybridized carbons (Fsp3) is 0.0909. The van der Waals surface area contributed by atoms with Crippen LogP contribution in [0.25, 0.3) is 11.3 Å². The molecule has 2 aromatic rings. The number of carboxylic acids is 1. The van der Waals surface area contributed by atoms with E-state index in [9.17, 15) is 9.18 Å². The Morgan fingerprint density at radius 1 is 1.44 bits per heavy atom. The Hall–Kier alpha value is -2.17. The van der Waals surface area contributed by atoms with E-state index in [0.29, 0.717) is 5.69 Å². The number of aromatic nitrogens is 2. The van der Waals surface area contributed by atoms with Crippen LogP contribution in [-0.4, -0.2) is 20.9 Å². The fourth-order valence-electron chi connectivity index (χ4n) is 1.53. The van der Waals surface area contributed by atoms with Gasteiger partial charge in [-0.2, -0.15) is 5.10 Å². The van der Waals surface area contributed by atoms with Gasteiger partial charge in [-0.15, -0.1) is 0 Å². The molecule has 1 aromatic heterocycles. The van der Waals surface area contributed by atoms with Crippen molar-refractivity contribution in [2.24, 2.45) is 7.05 Å². The number of nitrogens with zero attached hydrogens (tertiary/aromatic N) is 2. The van der Waals surface area contributed by atoms with Gasteiger partial charge >= 0.3 is 5.97 Å². The van der Waals surface area contributed by atoms with Crippen molar-refractivity contribution in [3.63, 3.8) is 0 Å². The van der Waals surface area contributed by atoms with Crippen molar-refractivity contribution < 1.29 is 14.3 Å². The maximum absolute atomic E-state index is 13.8. The van der Waals surface area contributed by atoms with Crippen LogP contribution < -0.4 is 0 Å². The molecule has 0 atom stereocenters. The number of aromatic carboxylic acids is 1. The van der Waals surface area contributed by atoms with E-state index in [4.69, 9.17) is 5.11 Å². The smallest absolute Gasteiger partial charge is 0.338 e. The molecule has 1 heterocycles. The lowest BCUT2D eigenvalue weighted by molar-refractivity contribution is 0.0692. The number of carbonyl (C=O) groups is 1. The van der Waals surface area contributed by atoms with Gasteiger partial charge in [-0.25, -0.2) is 9.18 Å². The van der Waals surface area contributed by atoms with Crippen molar-refractivity contribution >= 4 is 5.97 Å². The van der Waals surface area contributed by atoms with Gasteiger partial charge in [0, 0.05) is 18.8 Å². The molecule has 82 valence electrons. The van der Waals surface area contributed by atoms with Crippen LogP contribution >= 0.6 is 0 Å². The molecule has 1 N–H and O–H groups in total. The Labute approximate surface area is 90.9 Å². The van der Waals surface area contributed by atoms with E-state index in [-0.39, 0.29) is 11.1 Å². The van der Waals surface area contributed by atoms with Crippen molar-refractivity contribution in [3.8, 4) is 11.3 Å². The van der Waals surface area contributed by atoms with Gasteiger partial charge in [-0.3, -0.25) is 4.68 Å². The summed E-state index contributed by atoms with van der Waals surface area (Å²) in [6.45, 7) is 0. The minimum absolute atomic E-state index is 0.236. The third-order valence-corrected chi connectivity index (χ3v) is 2.33. The third-order valence-electron chi connectivity index (χ3n) is 2.33. The molecule has 0 fully saturated rings. The Bertz CT molecular complexity index is 549. The number of halogens is 1. The van der Waals surface area contributed by atoms with Crippen molar-refractivity contribution in [1.82, 2.24) is 9.78 Å². The molecule has 0 spiro atoms. The molecule has 0 amide bonds. The molecule has 0 saturated heterocycles.